The summed E-state index contributed by atoms with van der Waals surface area (Å²) in [5.74, 6) is 0.641. The predicted octanol–water partition coefficient (Wildman–Crippen LogP) is 2.79. The molecule has 15 heavy (non-hydrogen) atoms. The van der Waals surface area contributed by atoms with E-state index < -0.39 is 0 Å². The molecule has 4 heteroatoms. The van der Waals surface area contributed by atoms with Gasteiger partial charge in [0.25, 0.3) is 0 Å². The zero-order chi connectivity index (χ0) is 11.1. The maximum atomic E-state index is 5.47. The van der Waals surface area contributed by atoms with Crippen LogP contribution in [0.1, 0.15) is 12.5 Å². The van der Waals surface area contributed by atoms with E-state index in [1.165, 1.54) is 0 Å². The first-order valence-corrected chi connectivity index (χ1v) is 5.73. The third-order valence-corrected chi connectivity index (χ3v) is 2.86. The van der Waals surface area contributed by atoms with E-state index in [4.69, 9.17) is 9.47 Å². The van der Waals surface area contributed by atoms with E-state index in [2.05, 4.69) is 27.6 Å². The molecule has 0 saturated heterocycles. The van der Waals surface area contributed by atoms with Gasteiger partial charge >= 0.3 is 0 Å². The first kappa shape index (κ1) is 12.4. The van der Waals surface area contributed by atoms with Crippen LogP contribution in [0.4, 0.5) is 0 Å². The number of aromatic nitrogens is 1. The fraction of sp³-hybridized carbons (Fsp3) is 0.364. The van der Waals surface area contributed by atoms with Crippen LogP contribution >= 0.6 is 22.6 Å². The van der Waals surface area contributed by atoms with Crippen molar-refractivity contribution < 1.29 is 9.47 Å². The zero-order valence-corrected chi connectivity index (χ0v) is 11.0. The van der Waals surface area contributed by atoms with E-state index in [9.17, 15) is 0 Å². The Hall–Kier alpha value is -0.620. The second kappa shape index (κ2) is 6.79. The quantitative estimate of drug-likeness (QED) is 0.475. The van der Waals surface area contributed by atoms with E-state index in [0.29, 0.717) is 19.1 Å². The highest BCUT2D eigenvalue weighted by Crippen LogP contribution is 2.21. The molecule has 0 spiro atoms. The second-order valence-corrected chi connectivity index (χ2v) is 4.03. The molecule has 82 valence electrons. The van der Waals surface area contributed by atoms with Crippen molar-refractivity contribution in [2.75, 3.05) is 13.7 Å². The highest BCUT2D eigenvalue weighted by Gasteiger charge is 2.07. The fourth-order valence-electron chi connectivity index (χ4n) is 1.08. The van der Waals surface area contributed by atoms with E-state index in [-0.39, 0.29) is 0 Å². The van der Waals surface area contributed by atoms with Gasteiger partial charge in [0, 0.05) is 9.77 Å². The average Bonchev–Trinajstić information content (AvgIpc) is 2.26. The molecule has 0 fully saturated rings. The molecule has 0 unspecified atom stereocenters. The number of ether oxygens (including phenoxy) is 2. The third kappa shape index (κ3) is 3.79. The lowest BCUT2D eigenvalue weighted by Crippen LogP contribution is -2.01. The molecule has 1 rings (SSSR count). The van der Waals surface area contributed by atoms with Crippen LogP contribution in [0, 0.1) is 3.57 Å². The zero-order valence-electron chi connectivity index (χ0n) is 8.87. The van der Waals surface area contributed by atoms with Crippen molar-refractivity contribution in [1.82, 2.24) is 4.98 Å². The Labute approximate surface area is 104 Å². The summed E-state index contributed by atoms with van der Waals surface area (Å²) >= 11 is 2.25. The van der Waals surface area contributed by atoms with Crippen LogP contribution < -0.4 is 4.74 Å². The number of halogens is 1. The molecule has 0 N–H and O–H groups in total. The summed E-state index contributed by atoms with van der Waals surface area (Å²) in [5.41, 5.74) is 1.00. The van der Waals surface area contributed by atoms with Crippen molar-refractivity contribution in [2.24, 2.45) is 0 Å². The smallest absolute Gasteiger partial charge is 0.219 e. The summed E-state index contributed by atoms with van der Waals surface area (Å²) in [5, 5.41) is 0. The SMILES string of the molecule is CC=CCOCc1c(I)ccnc1OC. The minimum Gasteiger partial charge on any atom is -0.481 e. The lowest BCUT2D eigenvalue weighted by atomic mass is 10.3. The van der Waals surface area contributed by atoms with Crippen molar-refractivity contribution in [2.45, 2.75) is 13.5 Å². The van der Waals surface area contributed by atoms with Gasteiger partial charge in [0.05, 0.1) is 25.9 Å². The molecule has 1 heterocycles. The minimum atomic E-state index is 0.527. The molecule has 0 aromatic carbocycles. The predicted molar refractivity (Wildman–Crippen MR) is 68.0 cm³/mol. The van der Waals surface area contributed by atoms with Crippen molar-refractivity contribution in [3.8, 4) is 5.88 Å². The van der Waals surface area contributed by atoms with Gasteiger partial charge < -0.3 is 9.47 Å². The molecule has 3 nitrogen and oxygen atoms in total. The summed E-state index contributed by atoms with van der Waals surface area (Å²) in [6.07, 6.45) is 5.66. The molecule has 0 aliphatic rings. The van der Waals surface area contributed by atoms with Gasteiger partial charge in [-0.05, 0) is 35.6 Å². The lowest BCUT2D eigenvalue weighted by molar-refractivity contribution is 0.145. The molecule has 0 saturated carbocycles. The van der Waals surface area contributed by atoms with E-state index in [1.54, 1.807) is 13.3 Å². The number of rotatable bonds is 5. The molecule has 1 aromatic rings. The first-order valence-electron chi connectivity index (χ1n) is 4.66. The Morgan fingerprint density at radius 1 is 1.53 bits per heavy atom. The summed E-state index contributed by atoms with van der Waals surface area (Å²) in [6.45, 7) is 3.11. The van der Waals surface area contributed by atoms with Crippen molar-refractivity contribution in [3.63, 3.8) is 0 Å². The van der Waals surface area contributed by atoms with Gasteiger partial charge in [0.1, 0.15) is 0 Å². The van der Waals surface area contributed by atoms with Gasteiger partial charge in [-0.25, -0.2) is 4.98 Å². The van der Waals surface area contributed by atoms with Gasteiger partial charge in [0.2, 0.25) is 5.88 Å². The van der Waals surface area contributed by atoms with Crippen LogP contribution in [0.25, 0.3) is 0 Å². The highest BCUT2D eigenvalue weighted by atomic mass is 127. The van der Waals surface area contributed by atoms with Gasteiger partial charge in [0.15, 0.2) is 0 Å². The topological polar surface area (TPSA) is 31.4 Å². The standard InChI is InChI=1S/C11H14INO2/c1-3-4-7-15-8-9-10(12)5-6-13-11(9)14-2/h3-6H,7-8H2,1-2H3. The molecular formula is C11H14INO2. The molecule has 1 aromatic heterocycles. The van der Waals surface area contributed by atoms with E-state index in [0.717, 1.165) is 9.13 Å². The van der Waals surface area contributed by atoms with Crippen molar-refractivity contribution in [1.29, 1.82) is 0 Å². The summed E-state index contributed by atoms with van der Waals surface area (Å²) in [4.78, 5) is 4.13. The molecule has 0 aliphatic heterocycles. The maximum Gasteiger partial charge on any atom is 0.219 e. The first-order chi connectivity index (χ1) is 7.29. The molecule has 0 atom stereocenters. The number of nitrogens with zero attached hydrogens (tertiary/aromatic N) is 1. The van der Waals surface area contributed by atoms with Crippen molar-refractivity contribution >= 4 is 22.6 Å². The fourth-order valence-corrected chi connectivity index (χ4v) is 1.63. The monoisotopic (exact) mass is 319 g/mol. The summed E-state index contributed by atoms with van der Waals surface area (Å²) in [6, 6.07) is 1.94. The Kier molecular flexibility index (Phi) is 5.63. The number of methoxy groups -OCH3 is 1. The maximum absolute atomic E-state index is 5.47. The number of hydrogen-bond donors (Lipinski definition) is 0. The Morgan fingerprint density at radius 2 is 2.33 bits per heavy atom. The van der Waals surface area contributed by atoms with E-state index >= 15 is 0 Å². The van der Waals surface area contributed by atoms with Crippen LogP contribution in [0.3, 0.4) is 0 Å². The highest BCUT2D eigenvalue weighted by molar-refractivity contribution is 14.1. The summed E-state index contributed by atoms with van der Waals surface area (Å²) < 4.78 is 11.8. The lowest BCUT2D eigenvalue weighted by Gasteiger charge is -2.08. The van der Waals surface area contributed by atoms with Crippen LogP contribution in [-0.4, -0.2) is 18.7 Å². The Bertz CT molecular complexity index is 339. The largest absolute Gasteiger partial charge is 0.481 e. The number of allylic oxidation sites excluding steroid dienone is 1. The van der Waals surface area contributed by atoms with Gasteiger partial charge in [-0.15, -0.1) is 0 Å². The number of hydrogen-bond acceptors (Lipinski definition) is 3. The normalized spacial score (nSPS) is 10.9. The van der Waals surface area contributed by atoms with Crippen LogP contribution in [0.15, 0.2) is 24.4 Å². The van der Waals surface area contributed by atoms with Crippen LogP contribution in [0.2, 0.25) is 0 Å². The van der Waals surface area contributed by atoms with Crippen molar-refractivity contribution in [3.05, 3.63) is 33.5 Å². The molecular weight excluding hydrogens is 305 g/mol. The van der Waals surface area contributed by atoms with Gasteiger partial charge in [-0.2, -0.15) is 0 Å². The molecule has 0 amide bonds. The van der Waals surface area contributed by atoms with Gasteiger partial charge in [-0.3, -0.25) is 0 Å². The van der Waals surface area contributed by atoms with Crippen LogP contribution in [0.5, 0.6) is 5.88 Å². The molecule has 0 bridgehead atoms. The minimum absolute atomic E-state index is 0.527. The average molecular weight is 319 g/mol. The Balaban J connectivity index is 2.66. The second-order valence-electron chi connectivity index (χ2n) is 2.86. The van der Waals surface area contributed by atoms with Crippen LogP contribution in [-0.2, 0) is 11.3 Å². The number of pyridine rings is 1. The van der Waals surface area contributed by atoms with Gasteiger partial charge in [-0.1, -0.05) is 12.2 Å². The van der Waals surface area contributed by atoms with E-state index in [1.807, 2.05) is 25.1 Å². The summed E-state index contributed by atoms with van der Waals surface area (Å²) in [7, 11) is 1.62. The third-order valence-electron chi connectivity index (χ3n) is 1.85. The molecule has 0 radical (unpaired) electrons. The Morgan fingerprint density at radius 3 is 3.00 bits per heavy atom. The molecule has 0 aliphatic carbocycles.